The number of likely N-dealkylation sites (N-methyl/N-ethyl adjacent to an activating group) is 1. The van der Waals surface area contributed by atoms with Crippen LogP contribution in [0.25, 0.3) is 0 Å². The molecule has 0 fully saturated rings. The number of rotatable bonds is 7. The van der Waals surface area contributed by atoms with Crippen LogP contribution in [0.2, 0.25) is 0 Å². The molecule has 0 amide bonds. The van der Waals surface area contributed by atoms with Gasteiger partial charge in [0.25, 0.3) is 0 Å². The lowest BCUT2D eigenvalue weighted by Crippen LogP contribution is -2.43. The fourth-order valence-electron chi connectivity index (χ4n) is 1.73. The van der Waals surface area contributed by atoms with E-state index >= 15 is 0 Å². The van der Waals surface area contributed by atoms with Gasteiger partial charge in [0.05, 0.1) is 0 Å². The molecular formula is C10H25N3. The van der Waals surface area contributed by atoms with Gasteiger partial charge in [-0.1, -0.05) is 26.7 Å². The second kappa shape index (κ2) is 7.30. The molecular weight excluding hydrogens is 162 g/mol. The SMILES string of the molecule is CCCC(C)CC(CN(C)C)NN. The van der Waals surface area contributed by atoms with Gasteiger partial charge in [-0.15, -0.1) is 0 Å². The van der Waals surface area contributed by atoms with Crippen molar-refractivity contribution in [3.05, 3.63) is 0 Å². The molecule has 3 N–H and O–H groups in total. The van der Waals surface area contributed by atoms with Crippen molar-refractivity contribution in [3.63, 3.8) is 0 Å². The van der Waals surface area contributed by atoms with Crippen molar-refractivity contribution in [2.75, 3.05) is 20.6 Å². The molecule has 3 heteroatoms. The number of hydrogen-bond acceptors (Lipinski definition) is 3. The molecule has 0 aromatic carbocycles. The van der Waals surface area contributed by atoms with Gasteiger partial charge in [-0.05, 0) is 26.4 Å². The average molecular weight is 187 g/mol. The van der Waals surface area contributed by atoms with Gasteiger partial charge < -0.3 is 4.90 Å². The van der Waals surface area contributed by atoms with Gasteiger partial charge in [-0.2, -0.15) is 0 Å². The van der Waals surface area contributed by atoms with Crippen molar-refractivity contribution in [2.24, 2.45) is 11.8 Å². The van der Waals surface area contributed by atoms with Crippen LogP contribution in [-0.4, -0.2) is 31.6 Å². The smallest absolute Gasteiger partial charge is 0.0340 e. The summed E-state index contributed by atoms with van der Waals surface area (Å²) >= 11 is 0. The second-order valence-corrected chi connectivity index (χ2v) is 4.26. The summed E-state index contributed by atoms with van der Waals surface area (Å²) in [5.41, 5.74) is 2.88. The van der Waals surface area contributed by atoms with Crippen LogP contribution >= 0.6 is 0 Å². The van der Waals surface area contributed by atoms with E-state index < -0.39 is 0 Å². The van der Waals surface area contributed by atoms with E-state index in [0.29, 0.717) is 6.04 Å². The van der Waals surface area contributed by atoms with Crippen LogP contribution in [0.3, 0.4) is 0 Å². The lowest BCUT2D eigenvalue weighted by Gasteiger charge is -2.23. The largest absolute Gasteiger partial charge is 0.308 e. The zero-order valence-electron chi connectivity index (χ0n) is 9.51. The molecule has 3 nitrogen and oxygen atoms in total. The highest BCUT2D eigenvalue weighted by Gasteiger charge is 2.11. The van der Waals surface area contributed by atoms with E-state index in [2.05, 4.69) is 38.3 Å². The Hall–Kier alpha value is -0.120. The van der Waals surface area contributed by atoms with Crippen LogP contribution in [0.1, 0.15) is 33.1 Å². The van der Waals surface area contributed by atoms with E-state index in [1.807, 2.05) is 0 Å². The van der Waals surface area contributed by atoms with E-state index in [0.717, 1.165) is 12.5 Å². The Balaban J connectivity index is 3.69. The summed E-state index contributed by atoms with van der Waals surface area (Å²) in [7, 11) is 4.16. The summed E-state index contributed by atoms with van der Waals surface area (Å²) in [5, 5.41) is 0. The Kier molecular flexibility index (Phi) is 7.23. The van der Waals surface area contributed by atoms with Gasteiger partial charge in [0, 0.05) is 12.6 Å². The van der Waals surface area contributed by atoms with Crippen molar-refractivity contribution in [3.8, 4) is 0 Å². The quantitative estimate of drug-likeness (QED) is 0.465. The fraction of sp³-hybridized carbons (Fsp3) is 1.00. The summed E-state index contributed by atoms with van der Waals surface area (Å²) in [6.45, 7) is 5.54. The van der Waals surface area contributed by atoms with E-state index in [4.69, 9.17) is 5.84 Å². The van der Waals surface area contributed by atoms with Crippen LogP contribution in [0.15, 0.2) is 0 Å². The minimum absolute atomic E-state index is 0.427. The Labute approximate surface area is 82.6 Å². The molecule has 0 saturated heterocycles. The normalized spacial score (nSPS) is 16.2. The predicted molar refractivity (Wildman–Crippen MR) is 58.4 cm³/mol. The van der Waals surface area contributed by atoms with Crippen LogP contribution in [0.5, 0.6) is 0 Å². The molecule has 13 heavy (non-hydrogen) atoms. The Morgan fingerprint density at radius 3 is 2.38 bits per heavy atom. The maximum atomic E-state index is 5.49. The van der Waals surface area contributed by atoms with Crippen LogP contribution in [0, 0.1) is 5.92 Å². The van der Waals surface area contributed by atoms with Gasteiger partial charge in [0.1, 0.15) is 0 Å². The van der Waals surface area contributed by atoms with Crippen molar-refractivity contribution >= 4 is 0 Å². The van der Waals surface area contributed by atoms with E-state index in [9.17, 15) is 0 Å². The summed E-state index contributed by atoms with van der Waals surface area (Å²) in [6, 6.07) is 0.427. The lowest BCUT2D eigenvalue weighted by atomic mass is 9.97. The Bertz CT molecular complexity index is 115. The van der Waals surface area contributed by atoms with E-state index in [1.54, 1.807) is 0 Å². The minimum atomic E-state index is 0.427. The molecule has 0 radical (unpaired) electrons. The monoisotopic (exact) mass is 187 g/mol. The molecule has 0 saturated carbocycles. The van der Waals surface area contributed by atoms with Crippen LogP contribution in [-0.2, 0) is 0 Å². The van der Waals surface area contributed by atoms with E-state index in [1.165, 1.54) is 19.3 Å². The molecule has 0 aromatic rings. The Morgan fingerprint density at radius 2 is 2.00 bits per heavy atom. The third-order valence-corrected chi connectivity index (χ3v) is 2.29. The molecule has 2 atom stereocenters. The highest BCUT2D eigenvalue weighted by Crippen LogP contribution is 2.12. The maximum absolute atomic E-state index is 5.49. The summed E-state index contributed by atoms with van der Waals surface area (Å²) < 4.78 is 0. The summed E-state index contributed by atoms with van der Waals surface area (Å²) in [5.74, 6) is 6.26. The maximum Gasteiger partial charge on any atom is 0.0340 e. The molecule has 0 aliphatic carbocycles. The summed E-state index contributed by atoms with van der Waals surface area (Å²) in [6.07, 6.45) is 3.73. The van der Waals surface area contributed by atoms with Crippen LogP contribution in [0.4, 0.5) is 0 Å². The zero-order valence-corrected chi connectivity index (χ0v) is 9.51. The molecule has 80 valence electrons. The molecule has 0 spiro atoms. The first-order chi connectivity index (χ1) is 6.10. The van der Waals surface area contributed by atoms with E-state index in [-0.39, 0.29) is 0 Å². The van der Waals surface area contributed by atoms with Gasteiger partial charge in [-0.25, -0.2) is 0 Å². The highest BCUT2D eigenvalue weighted by molar-refractivity contribution is 4.69. The predicted octanol–water partition coefficient (Wildman–Crippen LogP) is 1.21. The third-order valence-electron chi connectivity index (χ3n) is 2.29. The standard InChI is InChI=1S/C10H25N3/c1-5-6-9(2)7-10(12-11)8-13(3)4/h9-10,12H,5-8,11H2,1-4H3. The molecule has 0 rings (SSSR count). The number of hydrogen-bond donors (Lipinski definition) is 2. The molecule has 2 unspecified atom stereocenters. The zero-order chi connectivity index (χ0) is 10.3. The van der Waals surface area contributed by atoms with Crippen molar-refractivity contribution in [1.82, 2.24) is 10.3 Å². The fourth-order valence-corrected chi connectivity index (χ4v) is 1.73. The number of nitrogens with one attached hydrogen (secondary N) is 1. The molecule has 0 aromatic heterocycles. The van der Waals surface area contributed by atoms with Gasteiger partial charge in [0.15, 0.2) is 0 Å². The van der Waals surface area contributed by atoms with Gasteiger partial charge >= 0.3 is 0 Å². The minimum Gasteiger partial charge on any atom is -0.308 e. The van der Waals surface area contributed by atoms with Crippen LogP contribution < -0.4 is 11.3 Å². The summed E-state index contributed by atoms with van der Waals surface area (Å²) in [4.78, 5) is 2.17. The highest BCUT2D eigenvalue weighted by atomic mass is 15.3. The molecule has 0 aliphatic heterocycles. The van der Waals surface area contributed by atoms with Crippen molar-refractivity contribution in [1.29, 1.82) is 0 Å². The number of nitrogens with zero attached hydrogens (tertiary/aromatic N) is 1. The average Bonchev–Trinajstić information content (AvgIpc) is 2.02. The topological polar surface area (TPSA) is 41.3 Å². The van der Waals surface area contributed by atoms with Crippen molar-refractivity contribution in [2.45, 2.75) is 39.2 Å². The first kappa shape index (κ1) is 12.9. The number of nitrogens with two attached hydrogens (primary N) is 1. The molecule has 0 aliphatic rings. The Morgan fingerprint density at radius 1 is 1.38 bits per heavy atom. The second-order valence-electron chi connectivity index (χ2n) is 4.26. The third kappa shape index (κ3) is 6.99. The molecule has 0 bridgehead atoms. The first-order valence-electron chi connectivity index (χ1n) is 5.21. The lowest BCUT2D eigenvalue weighted by molar-refractivity contribution is 0.297. The van der Waals surface area contributed by atoms with Gasteiger partial charge in [0.2, 0.25) is 0 Å². The molecule has 0 heterocycles. The van der Waals surface area contributed by atoms with Crippen molar-refractivity contribution < 1.29 is 0 Å². The van der Waals surface area contributed by atoms with Gasteiger partial charge in [-0.3, -0.25) is 11.3 Å². The number of hydrazine groups is 1. The first-order valence-corrected chi connectivity index (χ1v) is 5.21.